The number of aromatic amines is 1. The summed E-state index contributed by atoms with van der Waals surface area (Å²) in [6.07, 6.45) is 4.83. The van der Waals surface area contributed by atoms with E-state index in [9.17, 15) is 9.59 Å². The number of thiophene rings is 1. The van der Waals surface area contributed by atoms with E-state index >= 15 is 0 Å². The summed E-state index contributed by atoms with van der Waals surface area (Å²) >= 11 is 1.55. The van der Waals surface area contributed by atoms with Crippen LogP contribution in [0.15, 0.2) is 40.8 Å². The largest absolute Gasteiger partial charge is 0.337 e. The van der Waals surface area contributed by atoms with Gasteiger partial charge in [0.25, 0.3) is 11.5 Å². The third-order valence-electron chi connectivity index (χ3n) is 4.63. The molecule has 0 bridgehead atoms. The van der Waals surface area contributed by atoms with Gasteiger partial charge in [0.1, 0.15) is 11.5 Å². The van der Waals surface area contributed by atoms with Crippen molar-refractivity contribution in [3.63, 3.8) is 0 Å². The van der Waals surface area contributed by atoms with Crippen molar-refractivity contribution in [3.8, 4) is 10.6 Å². The molecule has 3 aromatic heterocycles. The van der Waals surface area contributed by atoms with Crippen LogP contribution in [0.5, 0.6) is 0 Å². The number of carbonyl (C=O) groups excluding carboxylic acids is 1. The zero-order valence-electron chi connectivity index (χ0n) is 14.9. The number of nitrogens with zero attached hydrogens (tertiary/aromatic N) is 4. The second-order valence-corrected chi connectivity index (χ2v) is 7.57. The first kappa shape index (κ1) is 17.5. The lowest BCUT2D eigenvalue weighted by molar-refractivity contribution is 0.0698. The SMILES string of the molecule is Cc1cnc(C(=O)N2CCC[C@@H](c3nc(-c4cccs4)cc(=O)[nH]3)C2)cn1. The molecule has 0 spiro atoms. The highest BCUT2D eigenvalue weighted by atomic mass is 32.1. The number of rotatable bonds is 3. The molecule has 0 saturated carbocycles. The van der Waals surface area contributed by atoms with Crippen molar-refractivity contribution in [2.24, 2.45) is 0 Å². The van der Waals surface area contributed by atoms with Crippen molar-refractivity contribution in [3.05, 3.63) is 63.5 Å². The molecule has 1 aliphatic rings. The number of piperidine rings is 1. The van der Waals surface area contributed by atoms with E-state index in [2.05, 4.69) is 19.9 Å². The number of nitrogens with one attached hydrogen (secondary N) is 1. The van der Waals surface area contributed by atoms with Crippen molar-refractivity contribution < 1.29 is 4.79 Å². The van der Waals surface area contributed by atoms with Crippen LogP contribution >= 0.6 is 11.3 Å². The van der Waals surface area contributed by atoms with Gasteiger partial charge in [-0.3, -0.25) is 14.6 Å². The van der Waals surface area contributed by atoms with Gasteiger partial charge in [-0.15, -0.1) is 11.3 Å². The zero-order chi connectivity index (χ0) is 18.8. The molecular weight excluding hydrogens is 362 g/mol. The number of hydrogen-bond acceptors (Lipinski definition) is 6. The van der Waals surface area contributed by atoms with Gasteiger partial charge in [-0.2, -0.15) is 0 Å². The summed E-state index contributed by atoms with van der Waals surface area (Å²) in [5.41, 5.74) is 1.62. The molecule has 1 aliphatic heterocycles. The van der Waals surface area contributed by atoms with Gasteiger partial charge in [0.15, 0.2) is 0 Å². The average molecular weight is 381 g/mol. The predicted octanol–water partition coefficient (Wildman–Crippen LogP) is 2.62. The molecule has 3 aromatic rings. The maximum atomic E-state index is 12.7. The molecule has 0 unspecified atom stereocenters. The Hall–Kier alpha value is -2.87. The van der Waals surface area contributed by atoms with Crippen molar-refractivity contribution in [2.45, 2.75) is 25.7 Å². The molecule has 1 N–H and O–H groups in total. The Labute approximate surface area is 160 Å². The molecule has 4 heterocycles. The van der Waals surface area contributed by atoms with Crippen LogP contribution in [0.25, 0.3) is 10.6 Å². The van der Waals surface area contributed by atoms with Crippen LogP contribution < -0.4 is 5.56 Å². The Balaban J connectivity index is 1.57. The van der Waals surface area contributed by atoms with Crippen LogP contribution in [-0.4, -0.2) is 43.8 Å². The highest BCUT2D eigenvalue weighted by Crippen LogP contribution is 2.27. The first-order chi connectivity index (χ1) is 13.1. The van der Waals surface area contributed by atoms with E-state index in [4.69, 9.17) is 0 Å². The molecule has 4 rings (SSSR count). The van der Waals surface area contributed by atoms with Gasteiger partial charge >= 0.3 is 0 Å². The summed E-state index contributed by atoms with van der Waals surface area (Å²) in [4.78, 5) is 43.5. The molecule has 138 valence electrons. The average Bonchev–Trinajstić information content (AvgIpc) is 3.23. The smallest absolute Gasteiger partial charge is 0.274 e. The van der Waals surface area contributed by atoms with Crippen molar-refractivity contribution in [1.82, 2.24) is 24.8 Å². The number of carbonyl (C=O) groups is 1. The maximum absolute atomic E-state index is 12.7. The molecule has 1 amide bonds. The van der Waals surface area contributed by atoms with Gasteiger partial charge in [-0.25, -0.2) is 9.97 Å². The molecule has 1 saturated heterocycles. The highest BCUT2D eigenvalue weighted by molar-refractivity contribution is 7.13. The van der Waals surface area contributed by atoms with E-state index in [0.29, 0.717) is 30.3 Å². The lowest BCUT2D eigenvalue weighted by Gasteiger charge is -2.32. The minimum atomic E-state index is -0.170. The molecule has 1 atom stereocenters. The predicted molar refractivity (Wildman–Crippen MR) is 103 cm³/mol. The molecule has 1 fully saturated rings. The zero-order valence-corrected chi connectivity index (χ0v) is 15.7. The van der Waals surface area contributed by atoms with Gasteiger partial charge in [-0.05, 0) is 31.2 Å². The summed E-state index contributed by atoms with van der Waals surface area (Å²) in [5, 5.41) is 1.96. The molecule has 7 nitrogen and oxygen atoms in total. The Morgan fingerprint density at radius 2 is 2.22 bits per heavy atom. The van der Waals surface area contributed by atoms with Crippen LogP contribution in [0.4, 0.5) is 0 Å². The van der Waals surface area contributed by atoms with Crippen molar-refractivity contribution >= 4 is 17.2 Å². The van der Waals surface area contributed by atoms with E-state index in [0.717, 1.165) is 23.4 Å². The number of aromatic nitrogens is 4. The molecule has 0 radical (unpaired) electrons. The second-order valence-electron chi connectivity index (χ2n) is 6.63. The van der Waals surface area contributed by atoms with Gasteiger partial charge in [0.2, 0.25) is 0 Å². The summed E-state index contributed by atoms with van der Waals surface area (Å²) in [7, 11) is 0. The van der Waals surface area contributed by atoms with E-state index in [-0.39, 0.29) is 17.4 Å². The van der Waals surface area contributed by atoms with Crippen LogP contribution in [-0.2, 0) is 0 Å². The first-order valence-electron chi connectivity index (χ1n) is 8.83. The third-order valence-corrected chi connectivity index (χ3v) is 5.52. The van der Waals surface area contributed by atoms with E-state index in [1.807, 2.05) is 24.4 Å². The third kappa shape index (κ3) is 3.80. The van der Waals surface area contributed by atoms with E-state index in [1.54, 1.807) is 22.4 Å². The Bertz CT molecular complexity index is 998. The van der Waals surface area contributed by atoms with Crippen LogP contribution in [0, 0.1) is 6.92 Å². The highest BCUT2D eigenvalue weighted by Gasteiger charge is 2.28. The summed E-state index contributed by atoms with van der Waals surface area (Å²) in [5.74, 6) is 0.496. The Kier molecular flexibility index (Phi) is 4.81. The fraction of sp³-hybridized carbons (Fsp3) is 0.316. The fourth-order valence-electron chi connectivity index (χ4n) is 3.27. The van der Waals surface area contributed by atoms with E-state index in [1.165, 1.54) is 12.3 Å². The van der Waals surface area contributed by atoms with Gasteiger partial charge in [-0.1, -0.05) is 6.07 Å². The number of aryl methyl sites for hydroxylation is 1. The van der Waals surface area contributed by atoms with Gasteiger partial charge < -0.3 is 9.88 Å². The summed E-state index contributed by atoms with van der Waals surface area (Å²) in [6, 6.07) is 5.40. The standard InChI is InChI=1S/C19H19N5O2S/c1-12-9-21-15(10-20-12)19(26)24-6-2-4-13(11-24)18-22-14(8-17(25)23-18)16-5-3-7-27-16/h3,5,7-10,13H,2,4,6,11H2,1H3,(H,22,23,25)/t13-/m1/s1. The van der Waals surface area contributed by atoms with Crippen LogP contribution in [0.3, 0.4) is 0 Å². The normalized spacial score (nSPS) is 17.1. The van der Waals surface area contributed by atoms with Crippen molar-refractivity contribution in [1.29, 1.82) is 0 Å². The van der Waals surface area contributed by atoms with Crippen LogP contribution in [0.1, 0.15) is 40.8 Å². The number of amides is 1. The Morgan fingerprint density at radius 3 is 2.96 bits per heavy atom. The summed E-state index contributed by atoms with van der Waals surface area (Å²) in [6.45, 7) is 3.01. The topological polar surface area (TPSA) is 91.8 Å². The lowest BCUT2D eigenvalue weighted by Crippen LogP contribution is -2.40. The van der Waals surface area contributed by atoms with Gasteiger partial charge in [0.05, 0.1) is 22.5 Å². The molecule has 0 aromatic carbocycles. The van der Waals surface area contributed by atoms with Gasteiger partial charge in [0, 0.05) is 31.3 Å². The molecule has 0 aliphatic carbocycles. The maximum Gasteiger partial charge on any atom is 0.274 e. The summed E-state index contributed by atoms with van der Waals surface area (Å²) < 4.78 is 0. The lowest BCUT2D eigenvalue weighted by atomic mass is 9.96. The Morgan fingerprint density at radius 1 is 1.33 bits per heavy atom. The fourth-order valence-corrected chi connectivity index (χ4v) is 3.96. The minimum absolute atomic E-state index is 0.00582. The van der Waals surface area contributed by atoms with E-state index < -0.39 is 0 Å². The first-order valence-corrected chi connectivity index (χ1v) is 9.71. The molecule has 8 heteroatoms. The molecule has 27 heavy (non-hydrogen) atoms. The van der Waals surface area contributed by atoms with Crippen LogP contribution in [0.2, 0.25) is 0 Å². The minimum Gasteiger partial charge on any atom is -0.337 e. The second kappa shape index (κ2) is 7.40. The number of H-pyrrole nitrogens is 1. The number of likely N-dealkylation sites (tertiary alicyclic amines) is 1. The quantitative estimate of drug-likeness (QED) is 0.753. The molecular formula is C19H19N5O2S. The number of hydrogen-bond donors (Lipinski definition) is 1. The monoisotopic (exact) mass is 381 g/mol. The van der Waals surface area contributed by atoms with Crippen molar-refractivity contribution in [2.75, 3.05) is 13.1 Å².